The molecule has 5 rings (SSSR count). The van der Waals surface area contributed by atoms with Crippen LogP contribution in [0.25, 0.3) is 12.2 Å². The van der Waals surface area contributed by atoms with Crippen LogP contribution in [0.3, 0.4) is 0 Å². The van der Waals surface area contributed by atoms with Crippen LogP contribution >= 0.6 is 18.6 Å². The van der Waals surface area contributed by atoms with Crippen molar-refractivity contribution in [1.82, 2.24) is 0 Å². The van der Waals surface area contributed by atoms with Crippen molar-refractivity contribution in [3.05, 3.63) is 112 Å². The van der Waals surface area contributed by atoms with E-state index in [2.05, 4.69) is 111 Å². The fourth-order valence-electron chi connectivity index (χ4n) is 6.15. The minimum atomic E-state index is -4.37. The third-order valence-electron chi connectivity index (χ3n) is 7.52. The number of allylic oxidation sites excluding steroid dienone is 2. The molecular formula is C27H27Cl2SiTi. The van der Waals surface area contributed by atoms with Crippen LogP contribution in [-0.4, -0.2) is 6.66 Å². The predicted molar refractivity (Wildman–Crippen MR) is 136 cm³/mol. The molecule has 0 aliphatic heterocycles. The molecule has 0 saturated carbocycles. The summed E-state index contributed by atoms with van der Waals surface area (Å²) in [7, 11) is 16.5. The van der Waals surface area contributed by atoms with Crippen LogP contribution in [0.5, 0.6) is 0 Å². The molecule has 2 aliphatic carbocycles. The molecule has 0 heterocycles. The fraction of sp³-hybridized carbons (Fsp3) is 0.185. The molecule has 0 bridgehead atoms. The van der Waals surface area contributed by atoms with Gasteiger partial charge in [-0.1, -0.05) is 0 Å². The van der Waals surface area contributed by atoms with Crippen LogP contribution < -0.4 is 5.19 Å². The topological polar surface area (TPSA) is 0 Å². The van der Waals surface area contributed by atoms with Gasteiger partial charge in [0.05, 0.1) is 0 Å². The number of hydrogen-bond donors (Lipinski definition) is 0. The van der Waals surface area contributed by atoms with Gasteiger partial charge in [-0.2, -0.15) is 0 Å². The van der Waals surface area contributed by atoms with Gasteiger partial charge in [-0.25, -0.2) is 0 Å². The Hall–Kier alpha value is -1.35. The summed E-state index contributed by atoms with van der Waals surface area (Å²) in [6.07, 6.45) is 4.64. The van der Waals surface area contributed by atoms with Crippen LogP contribution in [0.2, 0.25) is 6.55 Å². The summed E-state index contributed by atoms with van der Waals surface area (Å²) in [6.45, 7) is 5.13. The van der Waals surface area contributed by atoms with E-state index in [1.165, 1.54) is 38.6 Å². The van der Waals surface area contributed by atoms with E-state index in [-0.39, 0.29) is 8.45 Å². The number of halogens is 2. The van der Waals surface area contributed by atoms with E-state index >= 15 is 0 Å². The second-order valence-corrected chi connectivity index (χ2v) is 37.0. The Balaban J connectivity index is 1.81. The van der Waals surface area contributed by atoms with E-state index in [9.17, 15) is 0 Å². The average Bonchev–Trinajstić information content (AvgIpc) is 3.30. The normalized spacial score (nSPS) is 22.0. The van der Waals surface area contributed by atoms with Crippen molar-refractivity contribution in [3.63, 3.8) is 0 Å². The maximum absolute atomic E-state index is 8.27. The molecule has 157 valence electrons. The van der Waals surface area contributed by atoms with Crippen molar-refractivity contribution in [3.8, 4) is 0 Å². The average molecular weight is 498 g/mol. The molecule has 0 nitrogen and oxygen atoms in total. The van der Waals surface area contributed by atoms with E-state index in [4.69, 9.17) is 18.6 Å². The number of benzene rings is 3. The molecule has 0 fully saturated rings. The zero-order chi connectivity index (χ0) is 21.8. The van der Waals surface area contributed by atoms with Crippen LogP contribution in [0, 0.1) is 0 Å². The van der Waals surface area contributed by atoms with Gasteiger partial charge in [0, 0.05) is 0 Å². The Bertz CT molecular complexity index is 1160. The van der Waals surface area contributed by atoms with Gasteiger partial charge in [-0.3, -0.25) is 0 Å². The molecule has 2 aliphatic rings. The van der Waals surface area contributed by atoms with Crippen molar-refractivity contribution in [2.45, 2.75) is 28.8 Å². The third-order valence-corrected chi connectivity index (χ3v) is 40.2. The Morgan fingerprint density at radius 3 is 1.55 bits per heavy atom. The summed E-state index contributed by atoms with van der Waals surface area (Å²) in [5.74, 6) is 0. The number of hydrogen-bond acceptors (Lipinski definition) is 0. The van der Waals surface area contributed by atoms with Crippen LogP contribution in [0.1, 0.15) is 44.5 Å². The Kier molecular flexibility index (Phi) is 5.28. The minimum absolute atomic E-state index is 0.123. The van der Waals surface area contributed by atoms with Gasteiger partial charge in [0.25, 0.3) is 0 Å². The summed E-state index contributed by atoms with van der Waals surface area (Å²) in [5.41, 5.74) is 7.88. The summed E-state index contributed by atoms with van der Waals surface area (Å²) in [4.78, 5) is 0. The van der Waals surface area contributed by atoms with Crippen molar-refractivity contribution in [1.29, 1.82) is 0 Å². The fourth-order valence-corrected chi connectivity index (χ4v) is 34.9. The quantitative estimate of drug-likeness (QED) is 0.326. The van der Waals surface area contributed by atoms with E-state index in [1.807, 2.05) is 0 Å². The summed E-state index contributed by atoms with van der Waals surface area (Å²) >= 11 is -4.37. The van der Waals surface area contributed by atoms with Gasteiger partial charge in [-0.05, 0) is 0 Å². The van der Waals surface area contributed by atoms with Gasteiger partial charge < -0.3 is 0 Å². The Labute approximate surface area is 195 Å². The first-order valence-electron chi connectivity index (χ1n) is 11.0. The molecule has 3 atom stereocenters. The van der Waals surface area contributed by atoms with Gasteiger partial charge in [0.2, 0.25) is 0 Å². The molecule has 0 spiro atoms. The van der Waals surface area contributed by atoms with E-state index in [0.717, 1.165) is 0 Å². The molecule has 0 N–H and O–H groups in total. The SMILES string of the molecule is CC1=Cc2ccccc2[CH]1[Ti]([Cl])([Cl])([CH]1C(C)=Cc2ccccc21)[SiH](C)c1ccccc1. The van der Waals surface area contributed by atoms with E-state index < -0.39 is 19.1 Å². The number of fused-ring (bicyclic) bond motifs is 2. The molecule has 3 aromatic carbocycles. The van der Waals surface area contributed by atoms with Gasteiger partial charge in [0.1, 0.15) is 0 Å². The van der Waals surface area contributed by atoms with Gasteiger partial charge in [0.15, 0.2) is 0 Å². The molecular weight excluding hydrogens is 471 g/mol. The number of rotatable bonds is 4. The van der Waals surface area contributed by atoms with Crippen molar-refractivity contribution in [2.24, 2.45) is 0 Å². The van der Waals surface area contributed by atoms with Crippen LogP contribution in [0.4, 0.5) is 0 Å². The summed E-state index contributed by atoms with van der Waals surface area (Å²) in [6, 6.07) is 28.3. The van der Waals surface area contributed by atoms with Crippen LogP contribution in [0.15, 0.2) is 90.0 Å². The monoisotopic (exact) mass is 497 g/mol. The molecule has 3 aromatic rings. The van der Waals surface area contributed by atoms with Gasteiger partial charge >= 0.3 is 196 Å². The Morgan fingerprint density at radius 2 is 1.06 bits per heavy atom. The first kappa shape index (κ1) is 21.5. The molecule has 0 radical (unpaired) electrons. The van der Waals surface area contributed by atoms with Crippen molar-refractivity contribution in [2.75, 3.05) is 0 Å². The molecule has 31 heavy (non-hydrogen) atoms. The first-order chi connectivity index (χ1) is 14.8. The predicted octanol–water partition coefficient (Wildman–Crippen LogP) is 7.56. The Morgan fingerprint density at radius 1 is 0.645 bits per heavy atom. The maximum atomic E-state index is 8.27. The van der Waals surface area contributed by atoms with E-state index in [1.54, 1.807) is 0 Å². The standard InChI is InChI=1S/2C10H9.C7H9Si.2ClH.Ti/c2*1-8-6-9-4-2-3-5-10(9)7-8;1-8-7-5-3-2-4-6-7;;;/h2*2-7H,1H3;2-6,8H,1H3;2*1H;/q;;;;;+2/p-2. The molecule has 4 heteroatoms. The second kappa shape index (κ2) is 7.61. The van der Waals surface area contributed by atoms with Crippen molar-refractivity contribution >= 4 is 42.6 Å². The molecule has 0 saturated heterocycles. The molecule has 0 aromatic heterocycles. The summed E-state index contributed by atoms with van der Waals surface area (Å²) in [5, 5.41) is 1.37. The molecule has 0 amide bonds. The second-order valence-electron chi connectivity index (χ2n) is 9.26. The van der Waals surface area contributed by atoms with Crippen LogP contribution in [-0.2, 0) is 12.4 Å². The van der Waals surface area contributed by atoms with E-state index in [0.29, 0.717) is 0 Å². The zero-order valence-corrected chi connectivity index (χ0v) is 22.4. The summed E-state index contributed by atoms with van der Waals surface area (Å²) < 4.78 is 0.246. The van der Waals surface area contributed by atoms with Gasteiger partial charge in [-0.15, -0.1) is 0 Å². The van der Waals surface area contributed by atoms with Crippen molar-refractivity contribution < 1.29 is 12.4 Å². The zero-order valence-electron chi connectivity index (χ0n) is 18.1. The molecule has 3 unspecified atom stereocenters. The first-order valence-corrected chi connectivity index (χ1v) is 22.1. The third kappa shape index (κ3) is 3.13.